The number of benzene rings is 1. The zero-order valence-electron chi connectivity index (χ0n) is 8.71. The van der Waals surface area contributed by atoms with Crippen molar-refractivity contribution in [1.29, 1.82) is 0 Å². The first-order valence-corrected chi connectivity index (χ1v) is 4.97. The Hall–Kier alpha value is -1.00. The maximum Gasteiger partial charge on any atom is 0.159 e. The van der Waals surface area contributed by atoms with Gasteiger partial charge in [0.25, 0.3) is 0 Å². The van der Waals surface area contributed by atoms with Gasteiger partial charge in [-0.15, -0.1) is 0 Å². The van der Waals surface area contributed by atoms with Gasteiger partial charge < -0.3 is 11.5 Å². The average molecular weight is 214 g/mol. The summed E-state index contributed by atoms with van der Waals surface area (Å²) in [6.07, 6.45) is 0.764. The standard InChI is InChI=1S/C11H16F2N2/c1-7(4-5-14)11(15)8-2-3-9(12)10(13)6-8/h2-3,6-7,11H,4-5,14-15H2,1H3. The molecule has 4 N–H and O–H groups in total. The van der Waals surface area contributed by atoms with Gasteiger partial charge in [-0.05, 0) is 36.6 Å². The molecule has 0 bridgehead atoms. The third-order valence-corrected chi connectivity index (χ3v) is 2.56. The zero-order valence-corrected chi connectivity index (χ0v) is 8.71. The summed E-state index contributed by atoms with van der Waals surface area (Å²) in [6, 6.07) is 3.45. The van der Waals surface area contributed by atoms with Crippen LogP contribution in [0, 0.1) is 17.6 Å². The summed E-state index contributed by atoms with van der Waals surface area (Å²) < 4.78 is 25.6. The normalized spacial score (nSPS) is 15.0. The molecule has 0 aliphatic rings. The van der Waals surface area contributed by atoms with Crippen molar-refractivity contribution in [2.45, 2.75) is 19.4 Å². The van der Waals surface area contributed by atoms with E-state index in [4.69, 9.17) is 11.5 Å². The second kappa shape index (κ2) is 5.19. The van der Waals surface area contributed by atoms with Crippen LogP contribution in [0.3, 0.4) is 0 Å². The molecule has 84 valence electrons. The van der Waals surface area contributed by atoms with E-state index < -0.39 is 11.6 Å². The first kappa shape index (κ1) is 12.1. The summed E-state index contributed by atoms with van der Waals surface area (Å²) in [5, 5.41) is 0. The molecule has 0 aliphatic heterocycles. The van der Waals surface area contributed by atoms with Gasteiger partial charge in [0.1, 0.15) is 0 Å². The quantitative estimate of drug-likeness (QED) is 0.804. The molecule has 1 aromatic carbocycles. The fourth-order valence-corrected chi connectivity index (χ4v) is 1.49. The summed E-state index contributed by atoms with van der Waals surface area (Å²) in [4.78, 5) is 0. The van der Waals surface area contributed by atoms with Crippen molar-refractivity contribution in [1.82, 2.24) is 0 Å². The predicted molar refractivity (Wildman–Crippen MR) is 56.1 cm³/mol. The summed E-state index contributed by atoms with van der Waals surface area (Å²) >= 11 is 0. The van der Waals surface area contributed by atoms with Gasteiger partial charge in [-0.1, -0.05) is 13.0 Å². The Labute approximate surface area is 88.3 Å². The van der Waals surface area contributed by atoms with E-state index in [1.807, 2.05) is 6.92 Å². The minimum atomic E-state index is -0.858. The molecule has 0 amide bonds. The van der Waals surface area contributed by atoms with E-state index in [2.05, 4.69) is 0 Å². The molecule has 2 unspecified atom stereocenters. The third-order valence-electron chi connectivity index (χ3n) is 2.56. The summed E-state index contributed by atoms with van der Waals surface area (Å²) in [5.41, 5.74) is 11.9. The lowest BCUT2D eigenvalue weighted by molar-refractivity contribution is 0.439. The summed E-state index contributed by atoms with van der Waals surface area (Å²) in [5.74, 6) is -1.56. The molecule has 0 saturated carbocycles. The molecule has 2 atom stereocenters. The second-order valence-corrected chi connectivity index (χ2v) is 3.75. The molecule has 0 saturated heterocycles. The van der Waals surface area contributed by atoms with Crippen molar-refractivity contribution < 1.29 is 8.78 Å². The van der Waals surface area contributed by atoms with Crippen LogP contribution >= 0.6 is 0 Å². The Morgan fingerprint density at radius 1 is 1.27 bits per heavy atom. The number of nitrogens with two attached hydrogens (primary N) is 2. The van der Waals surface area contributed by atoms with Gasteiger partial charge in [-0.3, -0.25) is 0 Å². The van der Waals surface area contributed by atoms with E-state index in [0.29, 0.717) is 12.1 Å². The van der Waals surface area contributed by atoms with Crippen LogP contribution in [0.4, 0.5) is 8.78 Å². The minimum Gasteiger partial charge on any atom is -0.330 e. The first-order chi connectivity index (χ1) is 7.06. The van der Waals surface area contributed by atoms with Crippen LogP contribution in [0.2, 0.25) is 0 Å². The van der Waals surface area contributed by atoms with E-state index in [1.54, 1.807) is 0 Å². The maximum absolute atomic E-state index is 12.9. The summed E-state index contributed by atoms with van der Waals surface area (Å²) in [6.45, 7) is 2.48. The molecule has 1 aromatic rings. The Bertz CT molecular complexity index is 328. The van der Waals surface area contributed by atoms with Crippen LogP contribution in [0.1, 0.15) is 24.9 Å². The Balaban J connectivity index is 2.81. The van der Waals surface area contributed by atoms with Crippen molar-refractivity contribution in [3.8, 4) is 0 Å². The molecule has 2 nitrogen and oxygen atoms in total. The molecule has 0 heterocycles. The fourth-order valence-electron chi connectivity index (χ4n) is 1.49. The smallest absolute Gasteiger partial charge is 0.159 e. The highest BCUT2D eigenvalue weighted by molar-refractivity contribution is 5.21. The first-order valence-electron chi connectivity index (χ1n) is 4.97. The van der Waals surface area contributed by atoms with Gasteiger partial charge in [-0.25, -0.2) is 8.78 Å². The highest BCUT2D eigenvalue weighted by Crippen LogP contribution is 2.22. The van der Waals surface area contributed by atoms with Crippen LogP contribution in [0.15, 0.2) is 18.2 Å². The second-order valence-electron chi connectivity index (χ2n) is 3.75. The molecule has 1 rings (SSSR count). The van der Waals surface area contributed by atoms with E-state index in [0.717, 1.165) is 18.6 Å². The molecule has 4 heteroatoms. The van der Waals surface area contributed by atoms with Crippen LogP contribution in [-0.2, 0) is 0 Å². The molecule has 0 spiro atoms. The highest BCUT2D eigenvalue weighted by Gasteiger charge is 2.15. The molecular weight excluding hydrogens is 198 g/mol. The number of halogens is 2. The topological polar surface area (TPSA) is 52.0 Å². The zero-order chi connectivity index (χ0) is 11.4. The van der Waals surface area contributed by atoms with Gasteiger partial charge in [0, 0.05) is 6.04 Å². The van der Waals surface area contributed by atoms with Gasteiger partial charge in [0.2, 0.25) is 0 Å². The van der Waals surface area contributed by atoms with E-state index >= 15 is 0 Å². The van der Waals surface area contributed by atoms with Gasteiger partial charge >= 0.3 is 0 Å². The Kier molecular flexibility index (Phi) is 4.17. The van der Waals surface area contributed by atoms with Crippen LogP contribution in [0.25, 0.3) is 0 Å². The number of hydrogen-bond acceptors (Lipinski definition) is 2. The minimum absolute atomic E-state index is 0.153. The van der Waals surface area contributed by atoms with Crippen molar-refractivity contribution in [3.05, 3.63) is 35.4 Å². The molecule has 15 heavy (non-hydrogen) atoms. The van der Waals surface area contributed by atoms with Crippen LogP contribution < -0.4 is 11.5 Å². The molecule has 0 fully saturated rings. The molecule has 0 aliphatic carbocycles. The molecule has 0 aromatic heterocycles. The lowest BCUT2D eigenvalue weighted by Gasteiger charge is -2.19. The van der Waals surface area contributed by atoms with Gasteiger partial charge in [0.05, 0.1) is 0 Å². The lowest BCUT2D eigenvalue weighted by Crippen LogP contribution is -2.21. The lowest BCUT2D eigenvalue weighted by atomic mass is 9.93. The van der Waals surface area contributed by atoms with Crippen LogP contribution in [0.5, 0.6) is 0 Å². The van der Waals surface area contributed by atoms with Crippen LogP contribution in [-0.4, -0.2) is 6.54 Å². The monoisotopic (exact) mass is 214 g/mol. The fraction of sp³-hybridized carbons (Fsp3) is 0.455. The highest BCUT2D eigenvalue weighted by atomic mass is 19.2. The molecular formula is C11H16F2N2. The Morgan fingerprint density at radius 3 is 2.47 bits per heavy atom. The largest absolute Gasteiger partial charge is 0.330 e. The predicted octanol–water partition coefficient (Wildman–Crippen LogP) is 1.95. The van der Waals surface area contributed by atoms with Crippen molar-refractivity contribution in [2.24, 2.45) is 17.4 Å². The van der Waals surface area contributed by atoms with E-state index in [-0.39, 0.29) is 12.0 Å². The maximum atomic E-state index is 12.9. The van der Waals surface area contributed by atoms with Gasteiger partial charge in [-0.2, -0.15) is 0 Å². The summed E-state index contributed by atoms with van der Waals surface area (Å²) in [7, 11) is 0. The van der Waals surface area contributed by atoms with Crippen molar-refractivity contribution >= 4 is 0 Å². The van der Waals surface area contributed by atoms with E-state index in [9.17, 15) is 8.78 Å². The van der Waals surface area contributed by atoms with E-state index in [1.165, 1.54) is 6.07 Å². The average Bonchev–Trinajstić information content (AvgIpc) is 2.21. The van der Waals surface area contributed by atoms with Gasteiger partial charge in [0.15, 0.2) is 11.6 Å². The van der Waals surface area contributed by atoms with Crippen molar-refractivity contribution in [2.75, 3.05) is 6.54 Å². The number of rotatable bonds is 4. The van der Waals surface area contributed by atoms with Crippen molar-refractivity contribution in [3.63, 3.8) is 0 Å². The molecule has 0 radical (unpaired) electrons. The Morgan fingerprint density at radius 2 is 1.93 bits per heavy atom. The number of hydrogen-bond donors (Lipinski definition) is 2. The SMILES string of the molecule is CC(CCN)C(N)c1ccc(F)c(F)c1. The third kappa shape index (κ3) is 2.97.